The number of rotatable bonds is 7. The van der Waals surface area contributed by atoms with Crippen LogP contribution < -0.4 is 5.32 Å². The van der Waals surface area contributed by atoms with Gasteiger partial charge < -0.3 is 5.32 Å². The fourth-order valence-corrected chi connectivity index (χ4v) is 2.60. The molecule has 2 aromatic carbocycles. The Kier molecular flexibility index (Phi) is 5.94. The highest BCUT2D eigenvalue weighted by Gasteiger charge is 2.13. The van der Waals surface area contributed by atoms with Crippen molar-refractivity contribution in [2.24, 2.45) is 0 Å². The maximum atomic E-state index is 13.1. The molecule has 0 bridgehead atoms. The summed E-state index contributed by atoms with van der Waals surface area (Å²) in [5, 5.41) is 3.49. The molecular weight excluding hydrogens is 261 g/mol. The van der Waals surface area contributed by atoms with E-state index in [-0.39, 0.29) is 5.82 Å². The predicted molar refractivity (Wildman–Crippen MR) is 87.2 cm³/mol. The van der Waals surface area contributed by atoms with Gasteiger partial charge in [0, 0.05) is 12.5 Å². The van der Waals surface area contributed by atoms with E-state index in [1.165, 1.54) is 16.7 Å². The van der Waals surface area contributed by atoms with Gasteiger partial charge in [0.05, 0.1) is 0 Å². The largest absolute Gasteiger partial charge is 0.316 e. The SMILES string of the molecule is CCCNCC(Cc1ccccc1C)c1ccc(F)cc1. The Labute approximate surface area is 127 Å². The van der Waals surface area contributed by atoms with E-state index in [0.717, 1.165) is 25.9 Å². The molecule has 1 nitrogen and oxygen atoms in total. The van der Waals surface area contributed by atoms with Crippen molar-refractivity contribution < 1.29 is 4.39 Å². The van der Waals surface area contributed by atoms with Crippen LogP contribution in [0.3, 0.4) is 0 Å². The van der Waals surface area contributed by atoms with Crippen LogP contribution in [0.2, 0.25) is 0 Å². The summed E-state index contributed by atoms with van der Waals surface area (Å²) >= 11 is 0. The molecule has 0 fully saturated rings. The molecule has 0 radical (unpaired) electrons. The number of halogens is 1. The second-order valence-electron chi connectivity index (χ2n) is 5.58. The van der Waals surface area contributed by atoms with Gasteiger partial charge in [-0.2, -0.15) is 0 Å². The van der Waals surface area contributed by atoms with Crippen LogP contribution in [0, 0.1) is 12.7 Å². The lowest BCUT2D eigenvalue weighted by molar-refractivity contribution is 0.573. The van der Waals surface area contributed by atoms with E-state index in [1.807, 2.05) is 12.1 Å². The van der Waals surface area contributed by atoms with Crippen molar-refractivity contribution in [2.75, 3.05) is 13.1 Å². The first-order valence-corrected chi connectivity index (χ1v) is 7.71. The molecule has 2 rings (SSSR count). The first-order chi connectivity index (χ1) is 10.2. The summed E-state index contributed by atoms with van der Waals surface area (Å²) in [6.07, 6.45) is 2.11. The molecule has 1 unspecified atom stereocenters. The average Bonchev–Trinajstić information content (AvgIpc) is 2.49. The molecule has 112 valence electrons. The summed E-state index contributed by atoms with van der Waals surface area (Å²) < 4.78 is 13.1. The van der Waals surface area contributed by atoms with E-state index in [9.17, 15) is 4.39 Å². The number of nitrogens with one attached hydrogen (secondary N) is 1. The molecule has 0 spiro atoms. The highest BCUT2D eigenvalue weighted by Crippen LogP contribution is 2.22. The maximum absolute atomic E-state index is 13.1. The number of hydrogen-bond acceptors (Lipinski definition) is 1. The third-order valence-corrected chi connectivity index (χ3v) is 3.89. The fourth-order valence-electron chi connectivity index (χ4n) is 2.60. The molecule has 0 aliphatic carbocycles. The van der Waals surface area contributed by atoms with Crippen molar-refractivity contribution in [1.29, 1.82) is 0 Å². The summed E-state index contributed by atoms with van der Waals surface area (Å²) in [5.41, 5.74) is 3.88. The Morgan fingerprint density at radius 1 is 1.05 bits per heavy atom. The Morgan fingerprint density at radius 3 is 2.43 bits per heavy atom. The van der Waals surface area contributed by atoms with Gasteiger partial charge >= 0.3 is 0 Å². The Morgan fingerprint density at radius 2 is 1.76 bits per heavy atom. The third-order valence-electron chi connectivity index (χ3n) is 3.89. The maximum Gasteiger partial charge on any atom is 0.123 e. The van der Waals surface area contributed by atoms with Gasteiger partial charge in [0.1, 0.15) is 5.82 Å². The van der Waals surface area contributed by atoms with Crippen LogP contribution in [-0.4, -0.2) is 13.1 Å². The molecule has 0 saturated carbocycles. The number of aryl methyl sites for hydroxylation is 1. The highest BCUT2D eigenvalue weighted by molar-refractivity contribution is 5.30. The van der Waals surface area contributed by atoms with Crippen molar-refractivity contribution in [3.05, 3.63) is 71.0 Å². The van der Waals surface area contributed by atoms with E-state index < -0.39 is 0 Å². The van der Waals surface area contributed by atoms with Crippen LogP contribution in [0.25, 0.3) is 0 Å². The summed E-state index contributed by atoms with van der Waals surface area (Å²) in [4.78, 5) is 0. The van der Waals surface area contributed by atoms with Crippen LogP contribution in [0.15, 0.2) is 48.5 Å². The van der Waals surface area contributed by atoms with E-state index in [0.29, 0.717) is 5.92 Å². The fraction of sp³-hybridized carbons (Fsp3) is 0.368. The average molecular weight is 285 g/mol. The van der Waals surface area contributed by atoms with E-state index in [2.05, 4.69) is 43.4 Å². The van der Waals surface area contributed by atoms with Gasteiger partial charge in [-0.3, -0.25) is 0 Å². The summed E-state index contributed by atoms with van der Waals surface area (Å²) in [5.74, 6) is 0.202. The lowest BCUT2D eigenvalue weighted by Crippen LogP contribution is -2.24. The molecule has 0 heterocycles. The molecule has 0 saturated heterocycles. The van der Waals surface area contributed by atoms with Gasteiger partial charge in [0.2, 0.25) is 0 Å². The monoisotopic (exact) mass is 285 g/mol. The van der Waals surface area contributed by atoms with E-state index in [4.69, 9.17) is 0 Å². The molecule has 0 aliphatic rings. The molecule has 1 atom stereocenters. The molecule has 0 aliphatic heterocycles. The molecule has 0 aromatic heterocycles. The minimum absolute atomic E-state index is 0.171. The van der Waals surface area contributed by atoms with Crippen molar-refractivity contribution in [3.63, 3.8) is 0 Å². The topological polar surface area (TPSA) is 12.0 Å². The van der Waals surface area contributed by atoms with Crippen molar-refractivity contribution in [2.45, 2.75) is 32.6 Å². The number of benzene rings is 2. The highest BCUT2D eigenvalue weighted by atomic mass is 19.1. The van der Waals surface area contributed by atoms with Crippen molar-refractivity contribution >= 4 is 0 Å². The molecule has 21 heavy (non-hydrogen) atoms. The quantitative estimate of drug-likeness (QED) is 0.741. The van der Waals surface area contributed by atoms with E-state index >= 15 is 0 Å². The summed E-state index contributed by atoms with van der Waals surface area (Å²) in [7, 11) is 0. The zero-order chi connectivity index (χ0) is 15.1. The van der Waals surface area contributed by atoms with Crippen molar-refractivity contribution in [1.82, 2.24) is 5.32 Å². The van der Waals surface area contributed by atoms with Gasteiger partial charge in [-0.25, -0.2) is 4.39 Å². The molecule has 0 amide bonds. The summed E-state index contributed by atoms with van der Waals surface area (Å²) in [6, 6.07) is 15.4. The van der Waals surface area contributed by atoms with Gasteiger partial charge in [-0.05, 0) is 55.1 Å². The Hall–Kier alpha value is -1.67. The van der Waals surface area contributed by atoms with E-state index in [1.54, 1.807) is 12.1 Å². The molecule has 2 heteroatoms. The third kappa shape index (κ3) is 4.68. The normalized spacial score (nSPS) is 12.3. The lowest BCUT2D eigenvalue weighted by Gasteiger charge is -2.19. The minimum Gasteiger partial charge on any atom is -0.316 e. The van der Waals surface area contributed by atoms with Crippen LogP contribution in [-0.2, 0) is 6.42 Å². The van der Waals surface area contributed by atoms with Crippen LogP contribution in [0.4, 0.5) is 4.39 Å². The van der Waals surface area contributed by atoms with Crippen LogP contribution >= 0.6 is 0 Å². The second kappa shape index (κ2) is 7.94. The zero-order valence-corrected chi connectivity index (χ0v) is 12.9. The second-order valence-corrected chi connectivity index (χ2v) is 5.58. The van der Waals surface area contributed by atoms with Crippen molar-refractivity contribution in [3.8, 4) is 0 Å². The smallest absolute Gasteiger partial charge is 0.123 e. The predicted octanol–water partition coefficient (Wildman–Crippen LogP) is 4.46. The minimum atomic E-state index is -0.171. The lowest BCUT2D eigenvalue weighted by atomic mass is 9.90. The Balaban J connectivity index is 2.15. The van der Waals surface area contributed by atoms with Gasteiger partial charge in [-0.15, -0.1) is 0 Å². The molecular formula is C19H24FN. The van der Waals surface area contributed by atoms with Gasteiger partial charge in [-0.1, -0.05) is 43.3 Å². The Bertz CT molecular complexity index is 548. The van der Waals surface area contributed by atoms with Crippen LogP contribution in [0.5, 0.6) is 0 Å². The zero-order valence-electron chi connectivity index (χ0n) is 12.9. The molecule has 1 N–H and O–H groups in total. The number of hydrogen-bond donors (Lipinski definition) is 1. The van der Waals surface area contributed by atoms with Gasteiger partial charge in [0.15, 0.2) is 0 Å². The summed E-state index contributed by atoms with van der Waals surface area (Å²) in [6.45, 7) is 6.26. The van der Waals surface area contributed by atoms with Gasteiger partial charge in [0.25, 0.3) is 0 Å². The molecule has 2 aromatic rings. The first-order valence-electron chi connectivity index (χ1n) is 7.71. The standard InChI is InChI=1S/C19H24FN/c1-3-12-21-14-18(16-8-10-19(20)11-9-16)13-17-7-5-4-6-15(17)2/h4-11,18,21H,3,12-14H2,1-2H3. The first kappa shape index (κ1) is 15.7. The van der Waals surface area contributed by atoms with Crippen LogP contribution in [0.1, 0.15) is 36.0 Å².